The molecular formula is C11H21F3NO2+. The van der Waals surface area contributed by atoms with Gasteiger partial charge in [0.1, 0.15) is 13.1 Å². The summed E-state index contributed by atoms with van der Waals surface area (Å²) in [6, 6.07) is 0.146. The summed E-state index contributed by atoms with van der Waals surface area (Å²) >= 11 is 0. The number of hydrogen-bond acceptors (Lipinski definition) is 2. The largest absolute Gasteiger partial charge is 0.419 e. The summed E-state index contributed by atoms with van der Waals surface area (Å²) < 4.78 is 36.9. The molecule has 0 spiro atoms. The summed E-state index contributed by atoms with van der Waals surface area (Å²) in [6.45, 7) is -0.219. The van der Waals surface area contributed by atoms with E-state index in [2.05, 4.69) is 0 Å². The molecule has 6 heteroatoms. The van der Waals surface area contributed by atoms with Gasteiger partial charge in [-0.1, -0.05) is 6.42 Å². The maximum Gasteiger partial charge on any atom is 0.419 e. The molecule has 0 amide bonds. The Morgan fingerprint density at radius 3 is 2.24 bits per heavy atom. The Morgan fingerprint density at radius 1 is 1.18 bits per heavy atom. The Balaban J connectivity index is 2.52. The molecular weight excluding hydrogens is 235 g/mol. The molecule has 1 aliphatic rings. The van der Waals surface area contributed by atoms with Crippen LogP contribution in [0.1, 0.15) is 32.1 Å². The predicted octanol–water partition coefficient (Wildman–Crippen LogP) is 0.119. The molecule has 3 nitrogen and oxygen atoms in total. The molecule has 0 bridgehead atoms. The van der Waals surface area contributed by atoms with Crippen LogP contribution in [0, 0.1) is 0 Å². The van der Waals surface area contributed by atoms with Gasteiger partial charge >= 0.3 is 6.18 Å². The second-order valence-corrected chi connectivity index (χ2v) is 4.73. The number of nitrogens with one attached hydrogen (secondary N) is 1. The number of halogens is 3. The molecule has 1 unspecified atom stereocenters. The minimum absolute atomic E-state index is 0.142. The van der Waals surface area contributed by atoms with Crippen molar-refractivity contribution in [1.82, 2.24) is 0 Å². The third-order valence-corrected chi connectivity index (χ3v) is 3.45. The van der Waals surface area contributed by atoms with Crippen LogP contribution in [0.5, 0.6) is 0 Å². The summed E-state index contributed by atoms with van der Waals surface area (Å²) in [5.74, 6) is 0. The van der Waals surface area contributed by atoms with Crippen molar-refractivity contribution in [1.29, 1.82) is 0 Å². The van der Waals surface area contributed by atoms with Crippen LogP contribution in [0.25, 0.3) is 0 Å². The van der Waals surface area contributed by atoms with Gasteiger partial charge in [-0.05, 0) is 25.7 Å². The maximum atomic E-state index is 12.3. The molecule has 1 rings (SSSR count). The summed E-state index contributed by atoms with van der Waals surface area (Å²) in [6.07, 6.45) is -1.88. The normalized spacial score (nSPS) is 22.4. The molecule has 0 radical (unpaired) electrons. The molecule has 17 heavy (non-hydrogen) atoms. The lowest BCUT2D eigenvalue weighted by atomic mass is 9.94. The number of quaternary nitrogens is 1. The topological polar surface area (TPSA) is 44.9 Å². The van der Waals surface area contributed by atoms with Crippen molar-refractivity contribution in [2.45, 2.75) is 50.4 Å². The fraction of sp³-hybridized carbons (Fsp3) is 1.00. The monoisotopic (exact) mass is 256 g/mol. The molecule has 0 aromatic carbocycles. The fourth-order valence-electron chi connectivity index (χ4n) is 2.49. The highest BCUT2D eigenvalue weighted by Crippen LogP contribution is 2.19. The van der Waals surface area contributed by atoms with Crippen molar-refractivity contribution < 1.29 is 28.3 Å². The fourth-order valence-corrected chi connectivity index (χ4v) is 2.49. The number of alkyl halides is 3. The number of rotatable bonds is 5. The van der Waals surface area contributed by atoms with Crippen molar-refractivity contribution >= 4 is 0 Å². The van der Waals surface area contributed by atoms with Crippen LogP contribution in [0.4, 0.5) is 13.2 Å². The zero-order chi connectivity index (χ0) is 12.9. The second-order valence-electron chi connectivity index (χ2n) is 4.73. The van der Waals surface area contributed by atoms with Gasteiger partial charge in [0.15, 0.2) is 6.10 Å². The zero-order valence-corrected chi connectivity index (χ0v) is 9.84. The Bertz CT molecular complexity index is 217. The first kappa shape index (κ1) is 14.7. The number of hydrogen-bond donors (Lipinski definition) is 3. The van der Waals surface area contributed by atoms with Crippen LogP contribution in [0.2, 0.25) is 0 Å². The number of aliphatic hydroxyl groups is 2. The Hall–Kier alpha value is -0.330. The van der Waals surface area contributed by atoms with E-state index in [1.54, 1.807) is 0 Å². The van der Waals surface area contributed by atoms with Crippen molar-refractivity contribution in [3.63, 3.8) is 0 Å². The molecule has 1 aliphatic carbocycles. The van der Waals surface area contributed by atoms with E-state index in [9.17, 15) is 13.2 Å². The third-order valence-electron chi connectivity index (χ3n) is 3.45. The van der Waals surface area contributed by atoms with E-state index in [0.29, 0.717) is 4.90 Å². The van der Waals surface area contributed by atoms with Gasteiger partial charge in [-0.2, -0.15) is 13.2 Å². The number of aliphatic hydroxyl groups excluding tert-OH is 2. The highest BCUT2D eigenvalue weighted by atomic mass is 19.4. The SMILES string of the molecule is OCC[NH+](C[C@@H](O)C(F)(F)F)C1CCCCC1. The highest BCUT2D eigenvalue weighted by molar-refractivity contribution is 4.67. The first-order chi connectivity index (χ1) is 7.95. The van der Waals surface area contributed by atoms with E-state index in [0.717, 1.165) is 32.1 Å². The van der Waals surface area contributed by atoms with E-state index >= 15 is 0 Å². The quantitative estimate of drug-likeness (QED) is 0.654. The highest BCUT2D eigenvalue weighted by Gasteiger charge is 2.42. The summed E-state index contributed by atoms with van der Waals surface area (Å²) in [5.41, 5.74) is 0. The molecule has 0 saturated heterocycles. The van der Waals surface area contributed by atoms with Crippen LogP contribution in [0.3, 0.4) is 0 Å². The first-order valence-electron chi connectivity index (χ1n) is 6.15. The molecule has 0 aromatic rings. The van der Waals surface area contributed by atoms with E-state index < -0.39 is 12.3 Å². The Morgan fingerprint density at radius 2 is 1.76 bits per heavy atom. The Labute approximate surface area is 99.2 Å². The van der Waals surface area contributed by atoms with Crippen LogP contribution in [-0.2, 0) is 0 Å². The van der Waals surface area contributed by atoms with Crippen molar-refractivity contribution in [3.05, 3.63) is 0 Å². The van der Waals surface area contributed by atoms with E-state index in [1.165, 1.54) is 0 Å². The lowest BCUT2D eigenvalue weighted by Gasteiger charge is -2.32. The van der Waals surface area contributed by atoms with Gasteiger partial charge in [0.25, 0.3) is 0 Å². The third kappa shape index (κ3) is 4.81. The molecule has 2 atom stereocenters. The molecule has 1 fully saturated rings. The van der Waals surface area contributed by atoms with Crippen molar-refractivity contribution in [2.75, 3.05) is 19.7 Å². The van der Waals surface area contributed by atoms with E-state index in [4.69, 9.17) is 10.2 Å². The molecule has 102 valence electrons. The summed E-state index contributed by atoms with van der Waals surface area (Å²) in [4.78, 5) is 0.678. The average molecular weight is 256 g/mol. The maximum absolute atomic E-state index is 12.3. The van der Waals surface area contributed by atoms with E-state index in [1.807, 2.05) is 0 Å². The summed E-state index contributed by atoms with van der Waals surface area (Å²) in [5, 5.41) is 18.0. The minimum atomic E-state index is -4.56. The second kappa shape index (κ2) is 6.56. The van der Waals surface area contributed by atoms with Crippen molar-refractivity contribution in [2.24, 2.45) is 0 Å². The standard InChI is InChI=1S/C11H20F3NO2/c12-11(13,14)10(17)8-15(6-7-16)9-4-2-1-3-5-9/h9-10,16-17H,1-8H2/p+1/t10-/m1/s1. The molecule has 1 saturated carbocycles. The minimum Gasteiger partial charge on any atom is -0.391 e. The molecule has 0 aliphatic heterocycles. The molecule has 0 heterocycles. The predicted molar refractivity (Wildman–Crippen MR) is 56.7 cm³/mol. The Kier molecular flexibility index (Phi) is 5.69. The van der Waals surface area contributed by atoms with Crippen LogP contribution < -0.4 is 4.90 Å². The van der Waals surface area contributed by atoms with Gasteiger partial charge in [0.2, 0.25) is 0 Å². The molecule has 0 aromatic heterocycles. The first-order valence-corrected chi connectivity index (χ1v) is 6.15. The summed E-state index contributed by atoms with van der Waals surface area (Å²) in [7, 11) is 0. The molecule has 3 N–H and O–H groups in total. The lowest BCUT2D eigenvalue weighted by molar-refractivity contribution is -0.931. The lowest BCUT2D eigenvalue weighted by Crippen LogP contribution is -3.17. The van der Waals surface area contributed by atoms with Crippen LogP contribution in [-0.4, -0.2) is 48.2 Å². The van der Waals surface area contributed by atoms with Gasteiger partial charge in [0.05, 0.1) is 12.6 Å². The van der Waals surface area contributed by atoms with Gasteiger partial charge in [-0.3, -0.25) is 0 Å². The average Bonchev–Trinajstić information content (AvgIpc) is 2.28. The van der Waals surface area contributed by atoms with Crippen LogP contribution >= 0.6 is 0 Å². The van der Waals surface area contributed by atoms with Gasteiger partial charge < -0.3 is 15.1 Å². The van der Waals surface area contributed by atoms with E-state index in [-0.39, 0.29) is 25.7 Å². The smallest absolute Gasteiger partial charge is 0.391 e. The zero-order valence-electron chi connectivity index (χ0n) is 9.84. The van der Waals surface area contributed by atoms with Crippen molar-refractivity contribution in [3.8, 4) is 0 Å². The van der Waals surface area contributed by atoms with Gasteiger partial charge in [-0.25, -0.2) is 0 Å². The van der Waals surface area contributed by atoms with Gasteiger partial charge in [-0.15, -0.1) is 0 Å². The van der Waals surface area contributed by atoms with Gasteiger partial charge in [0, 0.05) is 0 Å². The van der Waals surface area contributed by atoms with Crippen LogP contribution in [0.15, 0.2) is 0 Å².